The van der Waals surface area contributed by atoms with Gasteiger partial charge in [0.25, 0.3) is 0 Å². The van der Waals surface area contributed by atoms with E-state index in [4.69, 9.17) is 4.74 Å². The molecule has 0 aromatic heterocycles. The second-order valence-electron chi connectivity index (χ2n) is 4.06. The van der Waals surface area contributed by atoms with Gasteiger partial charge in [0.15, 0.2) is 0 Å². The molecule has 0 atom stereocenters. The number of nitrogens with one attached hydrogen (secondary N) is 1. The molecule has 0 unspecified atom stereocenters. The minimum atomic E-state index is 0. The Hall–Kier alpha value is 0.480. The van der Waals surface area contributed by atoms with Crippen molar-refractivity contribution >= 4 is 56.7 Å². The van der Waals surface area contributed by atoms with Crippen molar-refractivity contribution in [3.05, 3.63) is 26.6 Å². The lowest BCUT2D eigenvalue weighted by Crippen LogP contribution is -2.26. The summed E-state index contributed by atoms with van der Waals surface area (Å²) in [7, 11) is 5.83. The molecule has 0 aliphatic carbocycles. The molecule has 0 saturated carbocycles. The van der Waals surface area contributed by atoms with E-state index in [-0.39, 0.29) is 24.8 Å². The number of ether oxygens (including phenoxy) is 1. The first-order chi connectivity index (χ1) is 8.04. The Morgan fingerprint density at radius 3 is 2.37 bits per heavy atom. The van der Waals surface area contributed by atoms with Crippen LogP contribution in [-0.2, 0) is 6.54 Å². The number of nitrogens with zero attached hydrogens (tertiary/aromatic N) is 1. The highest BCUT2D eigenvalue weighted by Gasteiger charge is 2.08. The summed E-state index contributed by atoms with van der Waals surface area (Å²) in [5.41, 5.74) is 1.15. The quantitative estimate of drug-likeness (QED) is 0.685. The Labute approximate surface area is 144 Å². The summed E-state index contributed by atoms with van der Waals surface area (Å²) in [6, 6.07) is 4.06. The molecule has 1 rings (SSSR count). The molecule has 0 saturated heterocycles. The molecule has 19 heavy (non-hydrogen) atoms. The van der Waals surface area contributed by atoms with Gasteiger partial charge in [0.05, 0.1) is 11.6 Å². The molecule has 0 amide bonds. The van der Waals surface area contributed by atoms with Crippen LogP contribution in [0.15, 0.2) is 21.1 Å². The molecule has 0 spiro atoms. The minimum Gasteiger partial charge on any atom is -0.495 e. The second kappa shape index (κ2) is 11.2. The van der Waals surface area contributed by atoms with Crippen LogP contribution in [0, 0.1) is 0 Å². The minimum absolute atomic E-state index is 0. The Bertz CT molecular complexity index is 379. The van der Waals surface area contributed by atoms with E-state index in [9.17, 15) is 0 Å². The molecular weight excluding hydrogens is 419 g/mol. The fraction of sp³-hybridized carbons (Fsp3) is 0.500. The van der Waals surface area contributed by atoms with E-state index in [1.807, 2.05) is 6.07 Å². The summed E-state index contributed by atoms with van der Waals surface area (Å²) < 4.78 is 7.41. The highest BCUT2D eigenvalue weighted by atomic mass is 79.9. The Balaban J connectivity index is 0. The maximum atomic E-state index is 5.39. The number of hydrogen-bond donors (Lipinski definition) is 1. The number of halogens is 4. The van der Waals surface area contributed by atoms with E-state index in [1.165, 1.54) is 0 Å². The van der Waals surface area contributed by atoms with Crippen molar-refractivity contribution in [2.45, 2.75) is 6.54 Å². The van der Waals surface area contributed by atoms with Crippen LogP contribution in [0.5, 0.6) is 5.75 Å². The van der Waals surface area contributed by atoms with Crippen LogP contribution in [0.1, 0.15) is 5.56 Å². The van der Waals surface area contributed by atoms with Gasteiger partial charge < -0.3 is 15.0 Å². The van der Waals surface area contributed by atoms with E-state index in [0.717, 1.165) is 39.9 Å². The predicted molar refractivity (Wildman–Crippen MR) is 93.2 cm³/mol. The average Bonchev–Trinajstić information content (AvgIpc) is 2.23. The molecule has 1 aromatic rings. The fourth-order valence-electron chi connectivity index (χ4n) is 1.50. The summed E-state index contributed by atoms with van der Waals surface area (Å²) >= 11 is 6.99. The molecule has 0 aliphatic rings. The second-order valence-corrected chi connectivity index (χ2v) is 5.83. The maximum absolute atomic E-state index is 5.39. The van der Waals surface area contributed by atoms with Gasteiger partial charge >= 0.3 is 0 Å². The van der Waals surface area contributed by atoms with E-state index < -0.39 is 0 Å². The summed E-state index contributed by atoms with van der Waals surface area (Å²) in [6.07, 6.45) is 0. The Kier molecular flexibility index (Phi) is 12.8. The normalized spacial score (nSPS) is 9.79. The molecule has 7 heteroatoms. The zero-order valence-corrected chi connectivity index (χ0v) is 16.0. The van der Waals surface area contributed by atoms with Gasteiger partial charge in [0.1, 0.15) is 5.75 Å². The van der Waals surface area contributed by atoms with Crippen molar-refractivity contribution in [3.8, 4) is 5.75 Å². The predicted octanol–water partition coefficient (Wildman–Crippen LogP) is 3.72. The topological polar surface area (TPSA) is 24.5 Å². The van der Waals surface area contributed by atoms with Crippen molar-refractivity contribution < 1.29 is 4.74 Å². The molecule has 3 nitrogen and oxygen atoms in total. The maximum Gasteiger partial charge on any atom is 0.137 e. The first-order valence-electron chi connectivity index (χ1n) is 5.42. The highest BCUT2D eigenvalue weighted by Crippen LogP contribution is 2.32. The molecule has 0 radical (unpaired) electrons. The van der Waals surface area contributed by atoms with Crippen LogP contribution >= 0.6 is 56.7 Å². The van der Waals surface area contributed by atoms with Gasteiger partial charge in [-0.3, -0.25) is 0 Å². The van der Waals surface area contributed by atoms with Crippen molar-refractivity contribution in [1.29, 1.82) is 0 Å². The van der Waals surface area contributed by atoms with Gasteiger partial charge in [-0.1, -0.05) is 15.9 Å². The Morgan fingerprint density at radius 1 is 1.21 bits per heavy atom. The largest absolute Gasteiger partial charge is 0.495 e. The molecule has 0 heterocycles. The van der Waals surface area contributed by atoms with Crippen LogP contribution < -0.4 is 10.1 Å². The lowest BCUT2D eigenvalue weighted by Gasteiger charge is -2.14. The third-order valence-corrected chi connectivity index (χ3v) is 3.39. The fourth-order valence-corrected chi connectivity index (χ4v) is 2.97. The van der Waals surface area contributed by atoms with Gasteiger partial charge in [-0.05, 0) is 42.2 Å². The molecule has 112 valence electrons. The van der Waals surface area contributed by atoms with E-state index in [0.29, 0.717) is 0 Å². The summed E-state index contributed by atoms with van der Waals surface area (Å²) in [6.45, 7) is 2.78. The van der Waals surface area contributed by atoms with E-state index in [2.05, 4.69) is 62.2 Å². The van der Waals surface area contributed by atoms with Gasteiger partial charge in [0, 0.05) is 29.7 Å². The first-order valence-corrected chi connectivity index (χ1v) is 7.00. The van der Waals surface area contributed by atoms with Crippen molar-refractivity contribution in [3.63, 3.8) is 0 Å². The molecule has 1 aromatic carbocycles. The van der Waals surface area contributed by atoms with Crippen LogP contribution in [-0.4, -0.2) is 39.2 Å². The number of hydrogen-bond acceptors (Lipinski definition) is 3. The van der Waals surface area contributed by atoms with Gasteiger partial charge in [-0.15, -0.1) is 24.8 Å². The molecular formula is C12H20Br2Cl2N2O. The number of methoxy groups -OCH3 is 1. The third-order valence-electron chi connectivity index (χ3n) is 2.34. The molecule has 0 fully saturated rings. The third kappa shape index (κ3) is 7.73. The van der Waals surface area contributed by atoms with Crippen molar-refractivity contribution in [2.75, 3.05) is 34.3 Å². The van der Waals surface area contributed by atoms with Crippen LogP contribution in [0.2, 0.25) is 0 Å². The monoisotopic (exact) mass is 436 g/mol. The van der Waals surface area contributed by atoms with Gasteiger partial charge in [0.2, 0.25) is 0 Å². The van der Waals surface area contributed by atoms with Crippen LogP contribution in [0.25, 0.3) is 0 Å². The van der Waals surface area contributed by atoms with Crippen molar-refractivity contribution in [2.24, 2.45) is 0 Å². The smallest absolute Gasteiger partial charge is 0.137 e. The van der Waals surface area contributed by atoms with Gasteiger partial charge in [-0.25, -0.2) is 0 Å². The van der Waals surface area contributed by atoms with Gasteiger partial charge in [-0.2, -0.15) is 0 Å². The zero-order chi connectivity index (χ0) is 12.8. The summed E-state index contributed by atoms with van der Waals surface area (Å²) in [5, 5.41) is 3.40. The number of benzene rings is 1. The highest BCUT2D eigenvalue weighted by molar-refractivity contribution is 9.11. The lowest BCUT2D eigenvalue weighted by molar-refractivity contribution is 0.391. The molecule has 0 bridgehead atoms. The first kappa shape index (κ1) is 21.8. The number of rotatable bonds is 6. The average molecular weight is 439 g/mol. The number of likely N-dealkylation sites (N-methyl/N-ethyl adjacent to an activating group) is 1. The van der Waals surface area contributed by atoms with Crippen LogP contribution in [0.4, 0.5) is 0 Å². The van der Waals surface area contributed by atoms with Crippen molar-refractivity contribution in [1.82, 2.24) is 10.2 Å². The SMILES string of the molecule is COc1c(Br)cc(Br)cc1CNCCN(C)C.Cl.Cl. The summed E-state index contributed by atoms with van der Waals surface area (Å²) in [4.78, 5) is 2.15. The lowest BCUT2D eigenvalue weighted by atomic mass is 10.2. The van der Waals surface area contributed by atoms with Crippen LogP contribution in [0.3, 0.4) is 0 Å². The standard InChI is InChI=1S/C12H18Br2N2O.2ClH/c1-16(2)5-4-15-8-9-6-10(13)7-11(14)12(9)17-3;;/h6-7,15H,4-5,8H2,1-3H3;2*1H. The summed E-state index contributed by atoms with van der Waals surface area (Å²) in [5.74, 6) is 0.894. The van der Waals surface area contributed by atoms with E-state index >= 15 is 0 Å². The van der Waals surface area contributed by atoms with E-state index in [1.54, 1.807) is 7.11 Å². The Morgan fingerprint density at radius 2 is 1.84 bits per heavy atom. The molecule has 0 aliphatic heterocycles. The zero-order valence-electron chi connectivity index (χ0n) is 11.2. The molecule has 1 N–H and O–H groups in total.